The first-order valence-corrected chi connectivity index (χ1v) is 11.0. The maximum Gasteiger partial charge on any atom is 0.416 e. The summed E-state index contributed by atoms with van der Waals surface area (Å²) in [5.74, 6) is 1.08. The first-order valence-electron chi connectivity index (χ1n) is 10.2. The summed E-state index contributed by atoms with van der Waals surface area (Å²) >= 11 is 1.66. The summed E-state index contributed by atoms with van der Waals surface area (Å²) < 4.78 is 42.0. The normalized spacial score (nSPS) is 13.1. The van der Waals surface area contributed by atoms with E-state index in [4.69, 9.17) is 4.98 Å². The predicted octanol–water partition coefficient (Wildman–Crippen LogP) is 7.59. The third-order valence-corrected chi connectivity index (χ3v) is 6.25. The molecule has 0 amide bonds. The fraction of sp³-hybridized carbons (Fsp3) is 0.240. The molecule has 1 atom stereocenters. The molecule has 4 aromatic rings. The van der Waals surface area contributed by atoms with Crippen LogP contribution in [0.15, 0.2) is 83.8 Å². The quantitative estimate of drug-likeness (QED) is 0.287. The Balaban J connectivity index is 1.90. The summed E-state index contributed by atoms with van der Waals surface area (Å²) in [6.45, 7) is 4.87. The number of thioether (sulfide) groups is 1. The predicted molar refractivity (Wildman–Crippen MR) is 120 cm³/mol. The summed E-state index contributed by atoms with van der Waals surface area (Å²) in [6.07, 6.45) is -4.40. The van der Waals surface area contributed by atoms with Crippen LogP contribution in [0.2, 0.25) is 0 Å². The first-order chi connectivity index (χ1) is 14.8. The lowest BCUT2D eigenvalue weighted by Gasteiger charge is -2.20. The Morgan fingerprint density at radius 1 is 0.903 bits per heavy atom. The van der Waals surface area contributed by atoms with Gasteiger partial charge in [0.15, 0.2) is 0 Å². The Hall–Kier alpha value is -2.73. The molecule has 0 saturated carbocycles. The van der Waals surface area contributed by atoms with E-state index in [2.05, 4.69) is 18.4 Å². The molecule has 4 rings (SSSR count). The van der Waals surface area contributed by atoms with Crippen molar-refractivity contribution in [2.24, 2.45) is 5.92 Å². The molecule has 6 heteroatoms. The van der Waals surface area contributed by atoms with E-state index in [1.165, 1.54) is 0 Å². The van der Waals surface area contributed by atoms with Gasteiger partial charge in [-0.05, 0) is 41.8 Å². The fourth-order valence-corrected chi connectivity index (χ4v) is 4.78. The summed E-state index contributed by atoms with van der Waals surface area (Å²) in [5, 5.41) is -0.149. The lowest BCUT2D eigenvalue weighted by Crippen LogP contribution is -2.12. The smallest absolute Gasteiger partial charge is 0.326 e. The van der Waals surface area contributed by atoms with E-state index < -0.39 is 11.7 Å². The van der Waals surface area contributed by atoms with Gasteiger partial charge in [0, 0.05) is 11.4 Å². The molecule has 0 bridgehead atoms. The van der Waals surface area contributed by atoms with Crippen LogP contribution in [0.4, 0.5) is 13.2 Å². The summed E-state index contributed by atoms with van der Waals surface area (Å²) in [4.78, 5) is 5.83. The van der Waals surface area contributed by atoms with E-state index in [0.717, 1.165) is 33.9 Å². The maximum atomic E-state index is 13.3. The molecule has 0 aliphatic rings. The Labute approximate surface area is 184 Å². The minimum absolute atomic E-state index is 0.149. The van der Waals surface area contributed by atoms with Crippen molar-refractivity contribution in [1.29, 1.82) is 0 Å². The van der Waals surface area contributed by atoms with E-state index >= 15 is 0 Å². The molecule has 1 unspecified atom stereocenters. The van der Waals surface area contributed by atoms with Gasteiger partial charge in [-0.1, -0.05) is 62.4 Å². The second-order valence-electron chi connectivity index (χ2n) is 7.90. The average Bonchev–Trinajstić information content (AvgIpc) is 3.09. The van der Waals surface area contributed by atoms with Crippen LogP contribution in [0, 0.1) is 5.92 Å². The van der Waals surface area contributed by atoms with E-state index in [-0.39, 0.29) is 5.25 Å². The highest BCUT2D eigenvalue weighted by atomic mass is 32.2. The Bertz CT molecular complexity index is 1150. The number of hydrogen-bond acceptors (Lipinski definition) is 2. The van der Waals surface area contributed by atoms with Gasteiger partial charge in [0.1, 0.15) is 5.82 Å². The van der Waals surface area contributed by atoms with Gasteiger partial charge in [-0.3, -0.25) is 0 Å². The molecular weight excluding hydrogens is 417 g/mol. The Kier molecular flexibility index (Phi) is 6.10. The zero-order chi connectivity index (χ0) is 22.0. The number of imidazole rings is 1. The topological polar surface area (TPSA) is 17.8 Å². The Morgan fingerprint density at radius 3 is 2.16 bits per heavy atom. The van der Waals surface area contributed by atoms with Crippen molar-refractivity contribution in [3.05, 3.63) is 95.8 Å². The molecule has 0 fully saturated rings. The molecule has 0 aliphatic carbocycles. The molecule has 160 valence electrons. The molecular formula is C25H23F3N2S. The largest absolute Gasteiger partial charge is 0.416 e. The van der Waals surface area contributed by atoms with Crippen molar-refractivity contribution < 1.29 is 13.2 Å². The van der Waals surface area contributed by atoms with Crippen LogP contribution in [0.3, 0.4) is 0 Å². The molecule has 0 saturated heterocycles. The number of rotatable bonds is 6. The molecule has 1 heterocycles. The second kappa shape index (κ2) is 8.79. The third kappa shape index (κ3) is 4.79. The lowest BCUT2D eigenvalue weighted by molar-refractivity contribution is -0.137. The number of halogens is 3. The monoisotopic (exact) mass is 440 g/mol. The highest BCUT2D eigenvalue weighted by Gasteiger charge is 2.32. The van der Waals surface area contributed by atoms with Gasteiger partial charge in [-0.2, -0.15) is 13.2 Å². The van der Waals surface area contributed by atoms with E-state index in [9.17, 15) is 13.2 Å². The average molecular weight is 441 g/mol. The molecule has 0 radical (unpaired) electrons. The molecule has 2 nitrogen and oxygen atoms in total. The van der Waals surface area contributed by atoms with Gasteiger partial charge in [0.25, 0.3) is 0 Å². The van der Waals surface area contributed by atoms with Crippen molar-refractivity contribution in [1.82, 2.24) is 9.55 Å². The molecule has 3 aromatic carbocycles. The lowest BCUT2D eigenvalue weighted by atomic mass is 10.1. The van der Waals surface area contributed by atoms with Crippen LogP contribution in [0.25, 0.3) is 11.0 Å². The highest BCUT2D eigenvalue weighted by molar-refractivity contribution is 7.99. The molecule has 1 aromatic heterocycles. The zero-order valence-corrected chi connectivity index (χ0v) is 18.1. The number of fused-ring (bicyclic) bond motifs is 1. The highest BCUT2D eigenvalue weighted by Crippen LogP contribution is 2.42. The zero-order valence-electron chi connectivity index (χ0n) is 17.3. The summed E-state index contributed by atoms with van der Waals surface area (Å²) in [7, 11) is 0. The van der Waals surface area contributed by atoms with Gasteiger partial charge in [-0.15, -0.1) is 11.8 Å². The van der Waals surface area contributed by atoms with Crippen molar-refractivity contribution in [2.45, 2.75) is 36.7 Å². The van der Waals surface area contributed by atoms with Gasteiger partial charge in [0.05, 0.1) is 21.8 Å². The van der Waals surface area contributed by atoms with Crippen molar-refractivity contribution in [3.8, 4) is 0 Å². The maximum absolute atomic E-state index is 13.3. The van der Waals surface area contributed by atoms with E-state index in [1.807, 2.05) is 60.7 Å². The number of nitrogens with zero attached hydrogens (tertiary/aromatic N) is 2. The van der Waals surface area contributed by atoms with Gasteiger partial charge >= 0.3 is 6.18 Å². The SMILES string of the molecule is CC(C)Cn1c(C(Sc2ccccc2)c2ccccc2)nc2cc(C(F)(F)F)ccc21. The number of aromatic nitrogens is 2. The van der Waals surface area contributed by atoms with Crippen LogP contribution in [-0.4, -0.2) is 9.55 Å². The number of alkyl halides is 3. The number of hydrogen-bond donors (Lipinski definition) is 0. The Morgan fingerprint density at radius 2 is 1.55 bits per heavy atom. The van der Waals surface area contributed by atoms with Gasteiger partial charge in [0.2, 0.25) is 0 Å². The fourth-order valence-electron chi connectivity index (χ4n) is 3.61. The van der Waals surface area contributed by atoms with Gasteiger partial charge < -0.3 is 4.57 Å². The summed E-state index contributed by atoms with van der Waals surface area (Å²) in [5.41, 5.74) is 1.49. The minimum atomic E-state index is -4.40. The third-order valence-electron chi connectivity index (χ3n) is 4.99. The van der Waals surface area contributed by atoms with Crippen LogP contribution >= 0.6 is 11.8 Å². The van der Waals surface area contributed by atoms with Crippen LogP contribution in [0.1, 0.15) is 36.0 Å². The molecule has 0 aliphatic heterocycles. The summed E-state index contributed by atoms with van der Waals surface area (Å²) in [6, 6.07) is 23.9. The van der Waals surface area contributed by atoms with Crippen molar-refractivity contribution >= 4 is 22.8 Å². The van der Waals surface area contributed by atoms with Crippen molar-refractivity contribution in [2.75, 3.05) is 0 Å². The van der Waals surface area contributed by atoms with Crippen LogP contribution in [-0.2, 0) is 12.7 Å². The standard InChI is InChI=1S/C25H23F3N2S/c1-17(2)16-30-22-14-13-19(25(26,27)28)15-21(22)29-24(30)23(18-9-5-3-6-10-18)31-20-11-7-4-8-12-20/h3-15,17,23H,16H2,1-2H3. The molecule has 0 N–H and O–H groups in total. The minimum Gasteiger partial charge on any atom is -0.326 e. The first kappa shape index (κ1) is 21.5. The van der Waals surface area contributed by atoms with Crippen molar-refractivity contribution in [3.63, 3.8) is 0 Å². The second-order valence-corrected chi connectivity index (χ2v) is 9.08. The number of benzene rings is 3. The van der Waals surface area contributed by atoms with E-state index in [0.29, 0.717) is 18.0 Å². The van der Waals surface area contributed by atoms with Gasteiger partial charge in [-0.25, -0.2) is 4.98 Å². The van der Waals surface area contributed by atoms with Crippen LogP contribution < -0.4 is 0 Å². The van der Waals surface area contributed by atoms with Crippen LogP contribution in [0.5, 0.6) is 0 Å². The molecule has 0 spiro atoms. The molecule has 31 heavy (non-hydrogen) atoms. The van der Waals surface area contributed by atoms with E-state index in [1.54, 1.807) is 17.8 Å².